The van der Waals surface area contributed by atoms with Gasteiger partial charge in [0, 0.05) is 13.0 Å². The fraction of sp³-hybridized carbons (Fsp3) is 0.667. The average molecular weight is 211 g/mol. The van der Waals surface area contributed by atoms with E-state index < -0.39 is 18.0 Å². The minimum absolute atomic E-state index is 0.107. The number of carbonyl (C=O) groups is 3. The van der Waals surface area contributed by atoms with E-state index in [1.165, 1.54) is 4.90 Å². The van der Waals surface area contributed by atoms with Crippen LogP contribution in [0.25, 0.3) is 0 Å². The van der Waals surface area contributed by atoms with Gasteiger partial charge in [0.2, 0.25) is 17.7 Å². The fourth-order valence-electron chi connectivity index (χ4n) is 1.95. The van der Waals surface area contributed by atoms with E-state index in [1.807, 2.05) is 0 Å². The minimum atomic E-state index is -0.477. The van der Waals surface area contributed by atoms with Crippen LogP contribution in [-0.2, 0) is 14.4 Å². The highest BCUT2D eigenvalue weighted by Crippen LogP contribution is 2.20. The maximum atomic E-state index is 11.8. The lowest BCUT2D eigenvalue weighted by atomic mass is 10.0. The summed E-state index contributed by atoms with van der Waals surface area (Å²) < 4.78 is 0. The molecule has 2 aliphatic heterocycles. The maximum absolute atomic E-state index is 11.8. The van der Waals surface area contributed by atoms with Crippen molar-refractivity contribution in [2.45, 2.75) is 31.3 Å². The summed E-state index contributed by atoms with van der Waals surface area (Å²) in [5.74, 6) is -0.765. The molecule has 6 heteroatoms. The molecule has 82 valence electrons. The molecule has 2 unspecified atom stereocenters. The first-order chi connectivity index (χ1) is 7.09. The van der Waals surface area contributed by atoms with Crippen LogP contribution in [0.4, 0.5) is 0 Å². The summed E-state index contributed by atoms with van der Waals surface area (Å²) in [6, 6.07) is -0.936. The molecular formula is C9H13N3O3. The van der Waals surface area contributed by atoms with Crippen LogP contribution in [0.3, 0.4) is 0 Å². The van der Waals surface area contributed by atoms with Crippen molar-refractivity contribution < 1.29 is 14.4 Å². The molecule has 6 nitrogen and oxygen atoms in total. The smallest absolute Gasteiger partial charge is 0.245 e. The normalized spacial score (nSPS) is 29.6. The first kappa shape index (κ1) is 9.95. The summed E-state index contributed by atoms with van der Waals surface area (Å²) in [7, 11) is 0. The van der Waals surface area contributed by atoms with Crippen LogP contribution >= 0.6 is 0 Å². The number of nitrogens with zero attached hydrogens (tertiary/aromatic N) is 1. The molecule has 3 amide bonds. The molecule has 0 aromatic rings. The van der Waals surface area contributed by atoms with E-state index in [0.29, 0.717) is 25.8 Å². The van der Waals surface area contributed by atoms with Gasteiger partial charge in [-0.25, -0.2) is 0 Å². The largest absolute Gasteiger partial charge is 0.368 e. The summed E-state index contributed by atoms with van der Waals surface area (Å²) in [4.78, 5) is 35.1. The molecule has 2 fully saturated rings. The molecule has 3 N–H and O–H groups in total. The molecule has 2 rings (SSSR count). The summed E-state index contributed by atoms with van der Waals surface area (Å²) in [6.45, 7) is 0.554. The number of hydrogen-bond donors (Lipinski definition) is 2. The maximum Gasteiger partial charge on any atom is 0.245 e. The van der Waals surface area contributed by atoms with E-state index in [4.69, 9.17) is 5.73 Å². The Morgan fingerprint density at radius 3 is 2.53 bits per heavy atom. The van der Waals surface area contributed by atoms with Crippen molar-refractivity contribution in [3.05, 3.63) is 0 Å². The number of likely N-dealkylation sites (tertiary alicyclic amines) is 1. The quantitative estimate of drug-likeness (QED) is 0.573. The summed E-state index contributed by atoms with van der Waals surface area (Å²) in [5, 5.41) is 2.58. The molecule has 2 heterocycles. The highest BCUT2D eigenvalue weighted by atomic mass is 16.2. The van der Waals surface area contributed by atoms with Crippen molar-refractivity contribution >= 4 is 17.7 Å². The van der Waals surface area contributed by atoms with Gasteiger partial charge in [0.15, 0.2) is 0 Å². The topological polar surface area (TPSA) is 92.5 Å². The number of primary amides is 1. The van der Waals surface area contributed by atoms with Gasteiger partial charge in [-0.3, -0.25) is 14.4 Å². The Bertz CT molecular complexity index is 329. The Morgan fingerprint density at radius 1 is 1.40 bits per heavy atom. The van der Waals surface area contributed by atoms with Gasteiger partial charge in [-0.15, -0.1) is 0 Å². The molecule has 15 heavy (non-hydrogen) atoms. The lowest BCUT2D eigenvalue weighted by Gasteiger charge is -2.40. The van der Waals surface area contributed by atoms with Crippen LogP contribution in [0.15, 0.2) is 0 Å². The molecule has 0 aromatic heterocycles. The first-order valence-corrected chi connectivity index (χ1v) is 4.99. The Balaban J connectivity index is 1.97. The van der Waals surface area contributed by atoms with Gasteiger partial charge in [-0.05, 0) is 12.8 Å². The standard InChI is InChI=1S/C9H13N3O3/c10-8(14)6-3-4-12(6)9(15)5-1-2-7(13)11-5/h5-6H,1-4H2,(H2,10,14)(H,11,13). The van der Waals surface area contributed by atoms with Crippen molar-refractivity contribution in [3.8, 4) is 0 Å². The highest BCUT2D eigenvalue weighted by Gasteiger charge is 2.40. The molecule has 2 atom stereocenters. The lowest BCUT2D eigenvalue weighted by molar-refractivity contribution is -0.147. The zero-order chi connectivity index (χ0) is 11.0. The number of amides is 3. The molecule has 0 radical (unpaired) electrons. The van der Waals surface area contributed by atoms with Crippen LogP contribution in [0.2, 0.25) is 0 Å². The van der Waals surface area contributed by atoms with E-state index in [0.717, 1.165) is 0 Å². The number of rotatable bonds is 2. The fourth-order valence-corrected chi connectivity index (χ4v) is 1.95. The molecule has 2 aliphatic rings. The van der Waals surface area contributed by atoms with Crippen LogP contribution in [-0.4, -0.2) is 41.2 Å². The van der Waals surface area contributed by atoms with E-state index >= 15 is 0 Å². The molecule has 0 bridgehead atoms. The van der Waals surface area contributed by atoms with Crippen molar-refractivity contribution in [1.29, 1.82) is 0 Å². The van der Waals surface area contributed by atoms with E-state index in [9.17, 15) is 14.4 Å². The Hall–Kier alpha value is -1.59. The van der Waals surface area contributed by atoms with E-state index in [1.54, 1.807) is 0 Å². The van der Waals surface area contributed by atoms with Gasteiger partial charge >= 0.3 is 0 Å². The molecule has 0 aromatic carbocycles. The molecular weight excluding hydrogens is 198 g/mol. The summed E-state index contributed by atoms with van der Waals surface area (Å²) >= 11 is 0. The van der Waals surface area contributed by atoms with Crippen molar-refractivity contribution in [2.75, 3.05) is 6.54 Å². The molecule has 0 spiro atoms. The van der Waals surface area contributed by atoms with Crippen molar-refractivity contribution in [3.63, 3.8) is 0 Å². The van der Waals surface area contributed by atoms with Crippen molar-refractivity contribution in [1.82, 2.24) is 10.2 Å². The average Bonchev–Trinajstić information content (AvgIpc) is 2.48. The molecule has 0 saturated carbocycles. The van der Waals surface area contributed by atoms with Gasteiger partial charge in [0.25, 0.3) is 0 Å². The minimum Gasteiger partial charge on any atom is -0.368 e. The van der Waals surface area contributed by atoms with Gasteiger partial charge in [0.05, 0.1) is 0 Å². The number of nitrogens with one attached hydrogen (secondary N) is 1. The SMILES string of the molecule is NC(=O)C1CCN1C(=O)C1CCC(=O)N1. The van der Waals surface area contributed by atoms with Crippen LogP contribution in [0.5, 0.6) is 0 Å². The Labute approximate surface area is 86.8 Å². The first-order valence-electron chi connectivity index (χ1n) is 4.99. The van der Waals surface area contributed by atoms with E-state index in [-0.39, 0.29) is 11.8 Å². The third-order valence-corrected chi connectivity index (χ3v) is 2.92. The summed E-state index contributed by atoms with van der Waals surface area (Å²) in [5.41, 5.74) is 5.13. The van der Waals surface area contributed by atoms with E-state index in [2.05, 4.69) is 5.32 Å². The van der Waals surface area contributed by atoms with Crippen LogP contribution < -0.4 is 11.1 Å². The van der Waals surface area contributed by atoms with Gasteiger partial charge in [-0.2, -0.15) is 0 Å². The second-order valence-electron chi connectivity index (χ2n) is 3.90. The zero-order valence-corrected chi connectivity index (χ0v) is 8.23. The molecule has 2 saturated heterocycles. The Morgan fingerprint density at radius 2 is 2.13 bits per heavy atom. The zero-order valence-electron chi connectivity index (χ0n) is 8.23. The summed E-state index contributed by atoms with van der Waals surface area (Å²) in [6.07, 6.45) is 1.52. The predicted octanol–water partition coefficient (Wildman–Crippen LogP) is -1.65. The van der Waals surface area contributed by atoms with Gasteiger partial charge in [0.1, 0.15) is 12.1 Å². The molecule has 0 aliphatic carbocycles. The number of carbonyl (C=O) groups excluding carboxylic acids is 3. The van der Waals surface area contributed by atoms with Crippen molar-refractivity contribution in [2.24, 2.45) is 5.73 Å². The third-order valence-electron chi connectivity index (χ3n) is 2.92. The highest BCUT2D eigenvalue weighted by molar-refractivity contribution is 5.94. The van der Waals surface area contributed by atoms with Gasteiger partial charge in [-0.1, -0.05) is 0 Å². The monoisotopic (exact) mass is 211 g/mol. The number of hydrogen-bond acceptors (Lipinski definition) is 3. The third kappa shape index (κ3) is 1.67. The Kier molecular flexibility index (Phi) is 2.34. The van der Waals surface area contributed by atoms with Gasteiger partial charge < -0.3 is 16.0 Å². The predicted molar refractivity (Wildman–Crippen MR) is 50.5 cm³/mol. The second-order valence-corrected chi connectivity index (χ2v) is 3.90. The van der Waals surface area contributed by atoms with Crippen LogP contribution in [0, 0.1) is 0 Å². The van der Waals surface area contributed by atoms with Crippen LogP contribution in [0.1, 0.15) is 19.3 Å². The second kappa shape index (κ2) is 3.52. The lowest BCUT2D eigenvalue weighted by Crippen LogP contribution is -2.60. The number of nitrogens with two attached hydrogens (primary N) is 1.